The molecule has 1 fully saturated rings. The molecule has 1 aliphatic rings. The summed E-state index contributed by atoms with van der Waals surface area (Å²) < 4.78 is 0. The number of non-ortho nitro benzene ring substituents is 1. The molecule has 1 aromatic rings. The fourth-order valence-electron chi connectivity index (χ4n) is 2.69. The number of amides is 1. The van der Waals surface area contributed by atoms with Crippen molar-refractivity contribution >= 4 is 23.2 Å². The SMILES string of the molecule is CC(O)CC1CCCN1C(=O)c1ccc([N+](=O)[O-])cc1Cl. The van der Waals surface area contributed by atoms with Gasteiger partial charge in [0.1, 0.15) is 0 Å². The zero-order valence-electron chi connectivity index (χ0n) is 11.7. The van der Waals surface area contributed by atoms with Gasteiger partial charge in [0.25, 0.3) is 11.6 Å². The molecule has 1 heterocycles. The first-order valence-electron chi connectivity index (χ1n) is 6.83. The monoisotopic (exact) mass is 312 g/mol. The number of likely N-dealkylation sites (tertiary alicyclic amines) is 1. The largest absolute Gasteiger partial charge is 0.393 e. The summed E-state index contributed by atoms with van der Waals surface area (Å²) in [5.41, 5.74) is 0.123. The van der Waals surface area contributed by atoms with Gasteiger partial charge in [0.2, 0.25) is 0 Å². The molecule has 0 radical (unpaired) electrons. The van der Waals surface area contributed by atoms with Crippen molar-refractivity contribution in [1.29, 1.82) is 0 Å². The number of benzene rings is 1. The van der Waals surface area contributed by atoms with Crippen molar-refractivity contribution in [2.24, 2.45) is 0 Å². The maximum Gasteiger partial charge on any atom is 0.270 e. The molecule has 2 unspecified atom stereocenters. The highest BCUT2D eigenvalue weighted by Crippen LogP contribution is 2.28. The molecule has 1 saturated heterocycles. The normalized spacial score (nSPS) is 19.6. The Morgan fingerprint density at radius 3 is 2.90 bits per heavy atom. The molecule has 1 N–H and O–H groups in total. The van der Waals surface area contributed by atoms with Gasteiger partial charge >= 0.3 is 0 Å². The molecule has 0 spiro atoms. The number of nitro benzene ring substituents is 1. The molecule has 7 heteroatoms. The summed E-state index contributed by atoms with van der Waals surface area (Å²) in [6.07, 6.45) is 1.78. The molecule has 114 valence electrons. The second kappa shape index (κ2) is 6.41. The van der Waals surface area contributed by atoms with Crippen molar-refractivity contribution in [2.45, 2.75) is 38.3 Å². The summed E-state index contributed by atoms with van der Waals surface area (Å²) in [5.74, 6) is -0.238. The average Bonchev–Trinajstić information content (AvgIpc) is 2.85. The van der Waals surface area contributed by atoms with E-state index in [0.717, 1.165) is 12.8 Å². The van der Waals surface area contributed by atoms with Crippen molar-refractivity contribution in [2.75, 3.05) is 6.54 Å². The highest BCUT2D eigenvalue weighted by atomic mass is 35.5. The van der Waals surface area contributed by atoms with E-state index in [1.807, 2.05) is 0 Å². The Morgan fingerprint density at radius 1 is 1.62 bits per heavy atom. The Bertz CT molecular complexity index is 562. The van der Waals surface area contributed by atoms with Crippen LogP contribution in [0.25, 0.3) is 0 Å². The number of aliphatic hydroxyl groups is 1. The minimum Gasteiger partial charge on any atom is -0.393 e. The van der Waals surface area contributed by atoms with E-state index >= 15 is 0 Å². The van der Waals surface area contributed by atoms with Crippen LogP contribution in [0.15, 0.2) is 18.2 Å². The first kappa shape index (κ1) is 15.7. The molecule has 0 aliphatic carbocycles. The van der Waals surface area contributed by atoms with Crippen LogP contribution in [0.2, 0.25) is 5.02 Å². The Hall–Kier alpha value is -1.66. The van der Waals surface area contributed by atoms with Crippen LogP contribution in [-0.4, -0.2) is 39.5 Å². The molecule has 21 heavy (non-hydrogen) atoms. The quantitative estimate of drug-likeness (QED) is 0.684. The zero-order valence-corrected chi connectivity index (χ0v) is 12.4. The van der Waals surface area contributed by atoms with Crippen molar-refractivity contribution in [1.82, 2.24) is 4.90 Å². The minimum absolute atomic E-state index is 0.0104. The van der Waals surface area contributed by atoms with Gasteiger partial charge in [0, 0.05) is 24.7 Å². The Morgan fingerprint density at radius 2 is 2.33 bits per heavy atom. The fourth-order valence-corrected chi connectivity index (χ4v) is 2.94. The number of halogens is 1. The topological polar surface area (TPSA) is 83.7 Å². The number of hydrogen-bond acceptors (Lipinski definition) is 4. The zero-order chi connectivity index (χ0) is 15.6. The predicted molar refractivity (Wildman–Crippen MR) is 78.5 cm³/mol. The third-order valence-electron chi connectivity index (χ3n) is 3.65. The summed E-state index contributed by atoms with van der Waals surface area (Å²) in [5, 5.41) is 20.3. The molecule has 1 aliphatic heterocycles. The average molecular weight is 313 g/mol. The third kappa shape index (κ3) is 3.51. The summed E-state index contributed by atoms with van der Waals surface area (Å²) >= 11 is 6.00. The molecule has 2 rings (SSSR count). The predicted octanol–water partition coefficient (Wildman–Crippen LogP) is 2.62. The lowest BCUT2D eigenvalue weighted by atomic mass is 10.1. The van der Waals surface area contributed by atoms with Gasteiger partial charge in [-0.2, -0.15) is 0 Å². The molecule has 6 nitrogen and oxygen atoms in total. The van der Waals surface area contributed by atoms with Crippen LogP contribution >= 0.6 is 11.6 Å². The van der Waals surface area contributed by atoms with E-state index in [2.05, 4.69) is 0 Å². The van der Waals surface area contributed by atoms with E-state index in [1.54, 1.807) is 11.8 Å². The first-order chi connectivity index (χ1) is 9.90. The lowest BCUT2D eigenvalue weighted by Crippen LogP contribution is -2.37. The Balaban J connectivity index is 2.21. The van der Waals surface area contributed by atoms with E-state index in [-0.39, 0.29) is 28.2 Å². The highest BCUT2D eigenvalue weighted by molar-refractivity contribution is 6.34. The maximum absolute atomic E-state index is 12.5. The second-order valence-electron chi connectivity index (χ2n) is 5.30. The number of hydrogen-bond donors (Lipinski definition) is 1. The standard InChI is InChI=1S/C14H17ClN2O4/c1-9(18)7-10-3-2-6-16(10)14(19)12-5-4-11(17(20)21)8-13(12)15/h4-5,8-10,18H,2-3,6-7H2,1H3. The van der Waals surface area contributed by atoms with Crippen molar-refractivity contribution in [3.8, 4) is 0 Å². The van der Waals surface area contributed by atoms with E-state index in [0.29, 0.717) is 13.0 Å². The van der Waals surface area contributed by atoms with Crippen molar-refractivity contribution < 1.29 is 14.8 Å². The van der Waals surface area contributed by atoms with Crippen molar-refractivity contribution in [3.63, 3.8) is 0 Å². The van der Waals surface area contributed by atoms with Gasteiger partial charge in [-0.1, -0.05) is 11.6 Å². The van der Waals surface area contributed by atoms with Crippen LogP contribution in [0.1, 0.15) is 36.5 Å². The molecule has 0 bridgehead atoms. The van der Waals surface area contributed by atoms with Gasteiger partial charge in [0.05, 0.1) is 21.6 Å². The summed E-state index contributed by atoms with van der Waals surface area (Å²) in [4.78, 5) is 24.4. The van der Waals surface area contributed by atoms with Gasteiger partial charge in [0.15, 0.2) is 0 Å². The van der Waals surface area contributed by atoms with E-state index in [4.69, 9.17) is 11.6 Å². The van der Waals surface area contributed by atoms with Crippen LogP contribution in [0.5, 0.6) is 0 Å². The number of aliphatic hydroxyl groups excluding tert-OH is 1. The number of rotatable bonds is 4. The smallest absolute Gasteiger partial charge is 0.270 e. The second-order valence-corrected chi connectivity index (χ2v) is 5.71. The first-order valence-corrected chi connectivity index (χ1v) is 7.21. The van der Waals surface area contributed by atoms with E-state index < -0.39 is 11.0 Å². The van der Waals surface area contributed by atoms with E-state index in [9.17, 15) is 20.0 Å². The van der Waals surface area contributed by atoms with E-state index in [1.165, 1.54) is 18.2 Å². The summed E-state index contributed by atoms with van der Waals surface area (Å²) in [6.45, 7) is 2.31. The van der Waals surface area contributed by atoms with Crippen LogP contribution in [0, 0.1) is 10.1 Å². The fraction of sp³-hybridized carbons (Fsp3) is 0.500. The van der Waals surface area contributed by atoms with Gasteiger partial charge in [-0.3, -0.25) is 14.9 Å². The lowest BCUT2D eigenvalue weighted by molar-refractivity contribution is -0.384. The Labute approximate surface area is 127 Å². The van der Waals surface area contributed by atoms with Gasteiger partial charge < -0.3 is 10.0 Å². The minimum atomic E-state index is -0.549. The van der Waals surface area contributed by atoms with Crippen LogP contribution in [0.4, 0.5) is 5.69 Å². The van der Waals surface area contributed by atoms with Crippen molar-refractivity contribution in [3.05, 3.63) is 38.9 Å². The maximum atomic E-state index is 12.5. The lowest BCUT2D eigenvalue weighted by Gasteiger charge is -2.26. The van der Waals surface area contributed by atoms with Gasteiger partial charge in [-0.15, -0.1) is 0 Å². The van der Waals surface area contributed by atoms with Crippen LogP contribution < -0.4 is 0 Å². The summed E-state index contributed by atoms with van der Waals surface area (Å²) in [7, 11) is 0. The molecule has 2 atom stereocenters. The molecular formula is C14H17ClN2O4. The van der Waals surface area contributed by atoms with Crippen LogP contribution in [0.3, 0.4) is 0 Å². The number of carbonyl (C=O) groups is 1. The molecular weight excluding hydrogens is 296 g/mol. The number of nitrogens with zero attached hydrogens (tertiary/aromatic N) is 2. The number of carbonyl (C=O) groups excluding carboxylic acids is 1. The number of nitro groups is 1. The van der Waals surface area contributed by atoms with Crippen LogP contribution in [-0.2, 0) is 0 Å². The molecule has 0 aromatic heterocycles. The Kier molecular flexibility index (Phi) is 4.80. The van der Waals surface area contributed by atoms with Gasteiger partial charge in [-0.05, 0) is 32.3 Å². The van der Waals surface area contributed by atoms with Gasteiger partial charge in [-0.25, -0.2) is 0 Å². The molecule has 1 aromatic carbocycles. The summed E-state index contributed by atoms with van der Waals surface area (Å²) in [6, 6.07) is 3.84. The highest BCUT2D eigenvalue weighted by Gasteiger charge is 2.31. The third-order valence-corrected chi connectivity index (χ3v) is 3.96. The molecule has 0 saturated carbocycles. The molecule has 1 amide bonds.